The second kappa shape index (κ2) is 3.85. The van der Waals surface area contributed by atoms with Gasteiger partial charge in [-0.25, -0.2) is 0 Å². The van der Waals surface area contributed by atoms with E-state index in [0.29, 0.717) is 0 Å². The minimum absolute atomic E-state index is 0.101. The molecule has 0 amide bonds. The summed E-state index contributed by atoms with van der Waals surface area (Å²) in [5.41, 5.74) is 0. The Morgan fingerprint density at radius 3 is 2.44 bits per heavy atom. The van der Waals surface area contributed by atoms with Crippen molar-refractivity contribution in [3.63, 3.8) is 0 Å². The largest absolute Gasteiger partial charge is 0.298 e. The lowest BCUT2D eigenvalue weighted by Crippen LogP contribution is -2.03. The zero-order chi connectivity index (χ0) is 7.28. The summed E-state index contributed by atoms with van der Waals surface area (Å²) in [6.07, 6.45) is 3.29. The molecule has 0 rings (SSSR count). The first kappa shape index (κ1) is 7.90. The zero-order valence-electron chi connectivity index (χ0n) is 5.59. The molecule has 0 aliphatic carbocycles. The zero-order valence-corrected chi connectivity index (χ0v) is 5.59. The molecule has 1 atom stereocenters. The monoisotopic (exact) mass is 123 g/mol. The Morgan fingerprint density at radius 1 is 1.78 bits per heavy atom. The van der Waals surface area contributed by atoms with Crippen LogP contribution in [0.3, 0.4) is 0 Å². The maximum atomic E-state index is 10.5. The topological polar surface area (TPSA) is 40.9 Å². The van der Waals surface area contributed by atoms with Crippen LogP contribution in [0.2, 0.25) is 0 Å². The van der Waals surface area contributed by atoms with E-state index in [1.165, 1.54) is 6.92 Å². The van der Waals surface area contributed by atoms with E-state index in [0.717, 1.165) is 0 Å². The maximum Gasteiger partial charge on any atom is 0.150 e. The molecular formula is C7H9NO. The number of rotatable bonds is 2. The van der Waals surface area contributed by atoms with Crippen molar-refractivity contribution in [2.45, 2.75) is 13.8 Å². The minimum atomic E-state index is -0.546. The van der Waals surface area contributed by atoms with Crippen LogP contribution >= 0.6 is 0 Å². The Hall–Kier alpha value is -1.10. The molecule has 0 saturated carbocycles. The fourth-order valence-corrected chi connectivity index (χ4v) is 0.462. The second-order valence-electron chi connectivity index (χ2n) is 1.74. The fraction of sp³-hybridized carbons (Fsp3) is 0.429. The smallest absolute Gasteiger partial charge is 0.150 e. The van der Waals surface area contributed by atoms with Crippen molar-refractivity contribution in [2.75, 3.05) is 0 Å². The van der Waals surface area contributed by atoms with Gasteiger partial charge in [0.25, 0.3) is 0 Å². The summed E-state index contributed by atoms with van der Waals surface area (Å²) in [6, 6.07) is 1.87. The highest BCUT2D eigenvalue weighted by molar-refractivity contribution is 5.82. The van der Waals surface area contributed by atoms with Crippen LogP contribution in [0, 0.1) is 17.2 Å². The molecule has 0 radical (unpaired) electrons. The molecule has 0 aromatic carbocycles. The number of carbonyl (C=O) groups excluding carboxylic acids is 1. The first-order valence-electron chi connectivity index (χ1n) is 2.75. The average Bonchev–Trinajstić information content (AvgIpc) is 1.82. The van der Waals surface area contributed by atoms with Gasteiger partial charge in [-0.3, -0.25) is 4.79 Å². The fourth-order valence-electron chi connectivity index (χ4n) is 0.462. The van der Waals surface area contributed by atoms with Gasteiger partial charge in [0.15, 0.2) is 5.78 Å². The Kier molecular flexibility index (Phi) is 3.38. The van der Waals surface area contributed by atoms with Crippen LogP contribution in [0.1, 0.15) is 13.8 Å². The molecule has 0 heterocycles. The molecule has 0 saturated heterocycles. The Morgan fingerprint density at radius 2 is 2.33 bits per heavy atom. The van der Waals surface area contributed by atoms with Gasteiger partial charge in [-0.1, -0.05) is 12.2 Å². The number of Topliss-reactive ketones (excluding diaryl/α,β-unsaturated/α-hetero) is 1. The lowest BCUT2D eigenvalue weighted by molar-refractivity contribution is -0.118. The van der Waals surface area contributed by atoms with Crippen LogP contribution < -0.4 is 0 Å². The molecule has 0 N–H and O–H groups in total. The van der Waals surface area contributed by atoms with E-state index in [1.807, 2.05) is 6.07 Å². The molecule has 0 aliphatic rings. The van der Waals surface area contributed by atoms with Gasteiger partial charge in [0.1, 0.15) is 5.92 Å². The number of nitrogens with zero attached hydrogens (tertiary/aromatic N) is 1. The third-order valence-electron chi connectivity index (χ3n) is 0.962. The van der Waals surface area contributed by atoms with E-state index in [-0.39, 0.29) is 5.78 Å². The van der Waals surface area contributed by atoms with Gasteiger partial charge in [-0.05, 0) is 13.8 Å². The van der Waals surface area contributed by atoms with E-state index < -0.39 is 5.92 Å². The number of carbonyl (C=O) groups is 1. The summed E-state index contributed by atoms with van der Waals surface area (Å²) in [6.45, 7) is 3.20. The molecule has 1 unspecified atom stereocenters. The Labute approximate surface area is 54.8 Å². The van der Waals surface area contributed by atoms with Crippen molar-refractivity contribution in [3.8, 4) is 6.07 Å². The highest BCUT2D eigenvalue weighted by atomic mass is 16.1. The van der Waals surface area contributed by atoms with Gasteiger partial charge in [-0.2, -0.15) is 5.26 Å². The number of hydrogen-bond donors (Lipinski definition) is 0. The van der Waals surface area contributed by atoms with Gasteiger partial charge >= 0.3 is 0 Å². The highest BCUT2D eigenvalue weighted by Crippen LogP contribution is 1.96. The number of nitriles is 1. The standard InChI is InChI=1S/C7H9NO/c1-3-4-7(5-8)6(2)9/h3-4,7H,1-2H3/b4-3+. The Bertz CT molecular complexity index is 164. The molecule has 0 bridgehead atoms. The predicted octanol–water partition coefficient (Wildman–Crippen LogP) is 1.29. The van der Waals surface area contributed by atoms with Crippen LogP contribution in [0.4, 0.5) is 0 Å². The average molecular weight is 123 g/mol. The van der Waals surface area contributed by atoms with Crippen LogP contribution in [0.15, 0.2) is 12.2 Å². The SMILES string of the molecule is C/C=C/C(C#N)C(C)=O. The third kappa shape index (κ3) is 2.65. The van der Waals surface area contributed by atoms with Crippen molar-refractivity contribution >= 4 is 5.78 Å². The van der Waals surface area contributed by atoms with Crippen LogP contribution in [0.25, 0.3) is 0 Å². The summed E-state index contributed by atoms with van der Waals surface area (Å²) in [5, 5.41) is 8.31. The molecule has 48 valence electrons. The van der Waals surface area contributed by atoms with Crippen molar-refractivity contribution in [2.24, 2.45) is 5.92 Å². The van der Waals surface area contributed by atoms with Crippen molar-refractivity contribution in [3.05, 3.63) is 12.2 Å². The highest BCUT2D eigenvalue weighted by Gasteiger charge is 2.06. The second-order valence-corrected chi connectivity index (χ2v) is 1.74. The molecule has 0 spiro atoms. The van der Waals surface area contributed by atoms with E-state index >= 15 is 0 Å². The molecule has 0 fully saturated rings. The first-order valence-corrected chi connectivity index (χ1v) is 2.75. The van der Waals surface area contributed by atoms with Crippen LogP contribution in [-0.4, -0.2) is 5.78 Å². The molecule has 0 aromatic rings. The van der Waals surface area contributed by atoms with Gasteiger partial charge in [0.2, 0.25) is 0 Å². The number of allylic oxidation sites excluding steroid dienone is 2. The molecule has 0 aromatic heterocycles. The molecule has 2 nitrogen and oxygen atoms in total. The number of ketones is 1. The van der Waals surface area contributed by atoms with Crippen LogP contribution in [-0.2, 0) is 4.79 Å². The molecule has 0 aliphatic heterocycles. The van der Waals surface area contributed by atoms with Crippen molar-refractivity contribution in [1.29, 1.82) is 5.26 Å². The predicted molar refractivity (Wildman–Crippen MR) is 34.6 cm³/mol. The maximum absolute atomic E-state index is 10.5. The normalized spacial score (nSPS) is 13.0. The van der Waals surface area contributed by atoms with E-state index in [9.17, 15) is 4.79 Å². The van der Waals surface area contributed by atoms with Gasteiger partial charge < -0.3 is 0 Å². The summed E-state index contributed by atoms with van der Waals surface area (Å²) in [7, 11) is 0. The van der Waals surface area contributed by atoms with E-state index in [1.54, 1.807) is 19.1 Å². The summed E-state index contributed by atoms with van der Waals surface area (Å²) >= 11 is 0. The van der Waals surface area contributed by atoms with E-state index in [4.69, 9.17) is 5.26 Å². The minimum Gasteiger partial charge on any atom is -0.298 e. The molecule has 2 heteroatoms. The van der Waals surface area contributed by atoms with Gasteiger partial charge in [0.05, 0.1) is 6.07 Å². The number of hydrogen-bond acceptors (Lipinski definition) is 2. The Balaban J connectivity index is 4.04. The summed E-state index contributed by atoms with van der Waals surface area (Å²) in [4.78, 5) is 10.5. The lowest BCUT2D eigenvalue weighted by Gasteiger charge is -1.92. The summed E-state index contributed by atoms with van der Waals surface area (Å²) < 4.78 is 0. The van der Waals surface area contributed by atoms with Crippen molar-refractivity contribution < 1.29 is 4.79 Å². The molecule has 9 heavy (non-hydrogen) atoms. The van der Waals surface area contributed by atoms with Crippen molar-refractivity contribution in [1.82, 2.24) is 0 Å². The van der Waals surface area contributed by atoms with Gasteiger partial charge in [0, 0.05) is 0 Å². The van der Waals surface area contributed by atoms with E-state index in [2.05, 4.69) is 0 Å². The molecular weight excluding hydrogens is 114 g/mol. The summed E-state index contributed by atoms with van der Waals surface area (Å²) in [5.74, 6) is -0.648. The van der Waals surface area contributed by atoms with Gasteiger partial charge in [-0.15, -0.1) is 0 Å². The lowest BCUT2D eigenvalue weighted by atomic mass is 10.1. The third-order valence-corrected chi connectivity index (χ3v) is 0.962. The van der Waals surface area contributed by atoms with Crippen LogP contribution in [0.5, 0.6) is 0 Å². The quantitative estimate of drug-likeness (QED) is 0.519. The first-order chi connectivity index (χ1) is 4.22.